The molecule has 2 aliphatic heterocycles. The number of fused-ring (bicyclic) bond motifs is 1. The van der Waals surface area contributed by atoms with Crippen molar-refractivity contribution in [3.05, 3.63) is 54.5 Å². The summed E-state index contributed by atoms with van der Waals surface area (Å²) < 4.78 is 7.19. The van der Waals surface area contributed by atoms with Crippen LogP contribution in [-0.4, -0.2) is 82.7 Å². The summed E-state index contributed by atoms with van der Waals surface area (Å²) in [4.78, 5) is 24.2. The van der Waals surface area contributed by atoms with Crippen molar-refractivity contribution in [1.82, 2.24) is 24.4 Å². The zero-order chi connectivity index (χ0) is 21.2. The molecule has 5 rings (SSSR count). The SMILES string of the molecule is COc1ccccc1N1CCN(C2CCCN(C(=O)c3cc4ncccn4n3)C2)CC1. The number of anilines is 1. The van der Waals surface area contributed by atoms with E-state index in [1.165, 1.54) is 0 Å². The van der Waals surface area contributed by atoms with Crippen molar-refractivity contribution < 1.29 is 9.53 Å². The van der Waals surface area contributed by atoms with Crippen molar-refractivity contribution in [2.75, 3.05) is 51.3 Å². The van der Waals surface area contributed by atoms with Crippen molar-refractivity contribution in [1.29, 1.82) is 0 Å². The Labute approximate surface area is 182 Å². The van der Waals surface area contributed by atoms with E-state index >= 15 is 0 Å². The van der Waals surface area contributed by atoms with Crippen molar-refractivity contribution in [2.24, 2.45) is 0 Å². The number of rotatable bonds is 4. The topological polar surface area (TPSA) is 66.2 Å². The number of ether oxygens (including phenoxy) is 1. The molecule has 0 bridgehead atoms. The molecule has 8 heteroatoms. The molecular weight excluding hydrogens is 392 g/mol. The lowest BCUT2D eigenvalue weighted by Crippen LogP contribution is -2.56. The highest BCUT2D eigenvalue weighted by molar-refractivity contribution is 5.93. The number of nitrogens with zero attached hydrogens (tertiary/aromatic N) is 6. The van der Waals surface area contributed by atoms with Crippen molar-refractivity contribution in [3.63, 3.8) is 0 Å². The third kappa shape index (κ3) is 3.95. The van der Waals surface area contributed by atoms with Gasteiger partial charge in [-0.3, -0.25) is 9.69 Å². The number of hydrogen-bond acceptors (Lipinski definition) is 6. The first-order valence-corrected chi connectivity index (χ1v) is 10.9. The minimum atomic E-state index is 0.00265. The van der Waals surface area contributed by atoms with Crippen LogP contribution in [0.3, 0.4) is 0 Å². The highest BCUT2D eigenvalue weighted by atomic mass is 16.5. The molecule has 3 aromatic rings. The molecule has 162 valence electrons. The lowest BCUT2D eigenvalue weighted by molar-refractivity contribution is 0.0558. The Kier molecular flexibility index (Phi) is 5.46. The van der Waals surface area contributed by atoms with Gasteiger partial charge in [-0.25, -0.2) is 9.50 Å². The van der Waals surface area contributed by atoms with Crippen LogP contribution < -0.4 is 9.64 Å². The maximum Gasteiger partial charge on any atom is 0.274 e. The monoisotopic (exact) mass is 420 g/mol. The fourth-order valence-electron chi connectivity index (χ4n) is 4.75. The predicted octanol–water partition coefficient (Wildman–Crippen LogP) is 2.16. The molecule has 2 aromatic heterocycles. The number of amides is 1. The standard InChI is InChI=1S/C23H28N6O2/c1-31-21-8-3-2-7-20(21)27-14-12-26(13-15-27)18-6-4-10-28(17-18)23(30)19-16-22-24-9-5-11-29(22)25-19/h2-3,5,7-9,11,16,18H,4,6,10,12-15,17H2,1H3. The van der Waals surface area contributed by atoms with Gasteiger partial charge >= 0.3 is 0 Å². The molecule has 0 radical (unpaired) electrons. The molecule has 2 aliphatic rings. The number of methoxy groups -OCH3 is 1. The first kappa shape index (κ1) is 19.8. The number of likely N-dealkylation sites (tertiary alicyclic amines) is 1. The second-order valence-corrected chi connectivity index (χ2v) is 8.19. The van der Waals surface area contributed by atoms with Crippen LogP contribution in [0.1, 0.15) is 23.3 Å². The van der Waals surface area contributed by atoms with E-state index in [9.17, 15) is 4.79 Å². The van der Waals surface area contributed by atoms with Gasteiger partial charge in [0.05, 0.1) is 12.8 Å². The summed E-state index contributed by atoms with van der Waals surface area (Å²) in [5.74, 6) is 0.926. The molecule has 0 aliphatic carbocycles. The fraction of sp³-hybridized carbons (Fsp3) is 0.435. The van der Waals surface area contributed by atoms with E-state index in [0.29, 0.717) is 17.4 Å². The van der Waals surface area contributed by atoms with Crippen LogP contribution in [0.4, 0.5) is 5.69 Å². The molecular formula is C23H28N6O2. The number of carbonyl (C=O) groups is 1. The van der Waals surface area contributed by atoms with Gasteiger partial charge in [-0.05, 0) is 31.0 Å². The lowest BCUT2D eigenvalue weighted by atomic mass is 10.0. The predicted molar refractivity (Wildman–Crippen MR) is 119 cm³/mol. The van der Waals surface area contributed by atoms with Crippen LogP contribution in [-0.2, 0) is 0 Å². The fourth-order valence-corrected chi connectivity index (χ4v) is 4.75. The first-order chi connectivity index (χ1) is 15.2. The van der Waals surface area contributed by atoms with E-state index in [4.69, 9.17) is 4.74 Å². The van der Waals surface area contributed by atoms with Crippen molar-refractivity contribution in [3.8, 4) is 5.75 Å². The zero-order valence-corrected chi connectivity index (χ0v) is 17.9. The summed E-state index contributed by atoms with van der Waals surface area (Å²) in [6, 6.07) is 12.2. The second kappa shape index (κ2) is 8.55. The van der Waals surface area contributed by atoms with Crippen LogP contribution in [0.15, 0.2) is 48.8 Å². The van der Waals surface area contributed by atoms with Gasteiger partial charge in [0.15, 0.2) is 11.3 Å². The number of benzene rings is 1. The van der Waals surface area contributed by atoms with E-state index in [1.54, 1.807) is 23.9 Å². The summed E-state index contributed by atoms with van der Waals surface area (Å²) in [5, 5.41) is 4.42. The molecule has 1 atom stereocenters. The summed E-state index contributed by atoms with van der Waals surface area (Å²) in [5.41, 5.74) is 2.33. The first-order valence-electron chi connectivity index (χ1n) is 10.9. The van der Waals surface area contributed by atoms with Crippen LogP contribution >= 0.6 is 0 Å². The smallest absolute Gasteiger partial charge is 0.274 e. The Morgan fingerprint density at radius 1 is 1.10 bits per heavy atom. The molecule has 1 amide bonds. The highest BCUT2D eigenvalue weighted by Gasteiger charge is 2.31. The molecule has 0 saturated carbocycles. The molecule has 4 heterocycles. The maximum atomic E-state index is 13.1. The minimum absolute atomic E-state index is 0.00265. The lowest BCUT2D eigenvalue weighted by Gasteiger charge is -2.44. The molecule has 1 aromatic carbocycles. The van der Waals surface area contributed by atoms with E-state index in [2.05, 4.69) is 32.0 Å². The molecule has 0 N–H and O–H groups in total. The maximum absolute atomic E-state index is 13.1. The van der Waals surface area contributed by atoms with Crippen LogP contribution in [0.25, 0.3) is 5.65 Å². The van der Waals surface area contributed by atoms with Gasteiger partial charge in [0.2, 0.25) is 0 Å². The summed E-state index contributed by atoms with van der Waals surface area (Å²) >= 11 is 0. The highest BCUT2D eigenvalue weighted by Crippen LogP contribution is 2.29. The Bertz CT molecular complexity index is 1030. The van der Waals surface area contributed by atoms with Crippen LogP contribution in [0.2, 0.25) is 0 Å². The van der Waals surface area contributed by atoms with E-state index < -0.39 is 0 Å². The molecule has 1 unspecified atom stereocenters. The van der Waals surface area contributed by atoms with Crippen molar-refractivity contribution >= 4 is 17.2 Å². The zero-order valence-electron chi connectivity index (χ0n) is 17.9. The number of aromatic nitrogens is 3. The quantitative estimate of drug-likeness (QED) is 0.645. The van der Waals surface area contributed by atoms with Gasteiger partial charge in [0, 0.05) is 63.8 Å². The molecule has 8 nitrogen and oxygen atoms in total. The number of piperazine rings is 1. The van der Waals surface area contributed by atoms with Gasteiger partial charge in [0.1, 0.15) is 5.75 Å². The number of piperidine rings is 1. The summed E-state index contributed by atoms with van der Waals surface area (Å²) in [6.45, 7) is 5.45. The van der Waals surface area contributed by atoms with Crippen molar-refractivity contribution in [2.45, 2.75) is 18.9 Å². The largest absolute Gasteiger partial charge is 0.495 e. The molecule has 2 fully saturated rings. The van der Waals surface area contributed by atoms with Gasteiger partial charge < -0.3 is 14.5 Å². The van der Waals surface area contributed by atoms with Crippen LogP contribution in [0, 0.1) is 0 Å². The summed E-state index contributed by atoms with van der Waals surface area (Å²) in [6.07, 6.45) is 5.69. The molecule has 2 saturated heterocycles. The summed E-state index contributed by atoms with van der Waals surface area (Å²) in [7, 11) is 1.72. The third-order valence-corrected chi connectivity index (χ3v) is 6.40. The minimum Gasteiger partial charge on any atom is -0.495 e. The Hall–Kier alpha value is -3.13. The van der Waals surface area contributed by atoms with Gasteiger partial charge in [-0.1, -0.05) is 12.1 Å². The Balaban J connectivity index is 1.22. The molecule has 31 heavy (non-hydrogen) atoms. The third-order valence-electron chi connectivity index (χ3n) is 6.40. The number of hydrogen-bond donors (Lipinski definition) is 0. The second-order valence-electron chi connectivity index (χ2n) is 8.19. The normalized spacial score (nSPS) is 20.2. The number of para-hydroxylation sites is 2. The van der Waals surface area contributed by atoms with Crippen LogP contribution in [0.5, 0.6) is 5.75 Å². The van der Waals surface area contributed by atoms with E-state index in [0.717, 1.165) is 63.5 Å². The number of carbonyl (C=O) groups excluding carboxylic acids is 1. The van der Waals surface area contributed by atoms with E-state index in [1.807, 2.05) is 29.3 Å². The van der Waals surface area contributed by atoms with E-state index in [-0.39, 0.29) is 5.91 Å². The van der Waals surface area contributed by atoms with Gasteiger partial charge in [-0.2, -0.15) is 5.10 Å². The average molecular weight is 421 g/mol. The Morgan fingerprint density at radius 3 is 2.74 bits per heavy atom. The van der Waals surface area contributed by atoms with Gasteiger partial charge in [-0.15, -0.1) is 0 Å². The van der Waals surface area contributed by atoms with Gasteiger partial charge in [0.25, 0.3) is 5.91 Å². The Morgan fingerprint density at radius 2 is 1.94 bits per heavy atom. The average Bonchev–Trinajstić information content (AvgIpc) is 3.28. The molecule has 0 spiro atoms.